The quantitative estimate of drug-likeness (QED) is 0.796. The molecule has 0 aliphatic heterocycles. The van der Waals surface area contributed by atoms with Crippen molar-refractivity contribution in [1.29, 1.82) is 0 Å². The van der Waals surface area contributed by atoms with E-state index in [4.69, 9.17) is 4.42 Å². The molecule has 3 aromatic rings. The van der Waals surface area contributed by atoms with Crippen molar-refractivity contribution in [3.8, 4) is 0 Å². The predicted molar refractivity (Wildman–Crippen MR) is 79.1 cm³/mol. The molecule has 4 heteroatoms. The van der Waals surface area contributed by atoms with Crippen LogP contribution in [-0.2, 0) is 0 Å². The van der Waals surface area contributed by atoms with Gasteiger partial charge in [0.25, 0.3) is 0 Å². The van der Waals surface area contributed by atoms with E-state index in [0.29, 0.717) is 0 Å². The molecule has 0 amide bonds. The number of hydrogen-bond donors (Lipinski definition) is 1. The number of aromatic nitrogens is 1. The number of hydrogen-bond acceptors (Lipinski definition) is 3. The van der Waals surface area contributed by atoms with Crippen LogP contribution >= 0.6 is 15.9 Å². The molecule has 1 atom stereocenters. The molecule has 0 aliphatic carbocycles. The first kappa shape index (κ1) is 12.4. The maximum absolute atomic E-state index is 5.59. The minimum absolute atomic E-state index is 0.00252. The van der Waals surface area contributed by atoms with Gasteiger partial charge < -0.3 is 9.73 Å². The molecule has 0 saturated heterocycles. The normalized spacial score (nSPS) is 12.7. The number of rotatable bonds is 3. The first-order valence-corrected chi connectivity index (χ1v) is 6.84. The molecular weight excluding hydrogens is 304 g/mol. The Morgan fingerprint density at radius 3 is 2.79 bits per heavy atom. The van der Waals surface area contributed by atoms with Crippen molar-refractivity contribution in [2.24, 2.45) is 0 Å². The molecule has 0 radical (unpaired) electrons. The van der Waals surface area contributed by atoms with Crippen LogP contribution in [0.15, 0.2) is 57.7 Å². The van der Waals surface area contributed by atoms with Crippen molar-refractivity contribution >= 4 is 26.8 Å². The van der Waals surface area contributed by atoms with Gasteiger partial charge in [0.1, 0.15) is 5.76 Å². The number of para-hydroxylation sites is 1. The number of pyridine rings is 1. The SMILES string of the molecule is CNC(c1occc1Br)c1ccnc2ccccc12. The predicted octanol–water partition coefficient (Wildman–Crippen LogP) is 3.90. The van der Waals surface area contributed by atoms with Crippen LogP contribution in [0.25, 0.3) is 10.9 Å². The smallest absolute Gasteiger partial charge is 0.139 e. The molecule has 0 fully saturated rings. The molecule has 1 N–H and O–H groups in total. The Morgan fingerprint density at radius 1 is 1.21 bits per heavy atom. The second-order valence-corrected chi connectivity index (χ2v) is 5.13. The van der Waals surface area contributed by atoms with Crippen LogP contribution in [-0.4, -0.2) is 12.0 Å². The van der Waals surface area contributed by atoms with Crippen LogP contribution < -0.4 is 5.32 Å². The highest BCUT2D eigenvalue weighted by Crippen LogP contribution is 2.32. The lowest BCUT2D eigenvalue weighted by molar-refractivity contribution is 0.462. The molecule has 0 saturated carbocycles. The molecular formula is C15H13BrN2O. The van der Waals surface area contributed by atoms with Crippen LogP contribution in [0.2, 0.25) is 0 Å². The Kier molecular flexibility index (Phi) is 3.36. The standard InChI is InChI=1S/C15H13BrN2O/c1-17-14(15-12(16)7-9-19-15)11-6-8-18-13-5-3-2-4-10(11)13/h2-9,14,17H,1H3. The van der Waals surface area contributed by atoms with E-state index < -0.39 is 0 Å². The van der Waals surface area contributed by atoms with Gasteiger partial charge in [0.2, 0.25) is 0 Å². The van der Waals surface area contributed by atoms with Crippen LogP contribution in [0, 0.1) is 0 Å². The molecule has 19 heavy (non-hydrogen) atoms. The summed E-state index contributed by atoms with van der Waals surface area (Å²) in [5.41, 5.74) is 2.15. The molecule has 2 heterocycles. The van der Waals surface area contributed by atoms with E-state index >= 15 is 0 Å². The van der Waals surface area contributed by atoms with E-state index in [1.807, 2.05) is 43.6 Å². The second-order valence-electron chi connectivity index (χ2n) is 4.27. The lowest BCUT2D eigenvalue weighted by Gasteiger charge is -2.16. The Labute approximate surface area is 119 Å². The van der Waals surface area contributed by atoms with Gasteiger partial charge in [-0.15, -0.1) is 0 Å². The Bertz CT molecular complexity index is 703. The average Bonchev–Trinajstić information content (AvgIpc) is 2.86. The fraction of sp³-hybridized carbons (Fsp3) is 0.133. The van der Waals surface area contributed by atoms with Crippen molar-refractivity contribution in [3.63, 3.8) is 0 Å². The van der Waals surface area contributed by atoms with E-state index in [0.717, 1.165) is 26.7 Å². The summed E-state index contributed by atoms with van der Waals surface area (Å²) in [7, 11) is 1.93. The van der Waals surface area contributed by atoms with Gasteiger partial charge in [-0.25, -0.2) is 0 Å². The Morgan fingerprint density at radius 2 is 2.05 bits per heavy atom. The van der Waals surface area contributed by atoms with Gasteiger partial charge in [-0.2, -0.15) is 0 Å². The van der Waals surface area contributed by atoms with Gasteiger partial charge in [0.15, 0.2) is 0 Å². The van der Waals surface area contributed by atoms with E-state index in [2.05, 4.69) is 32.3 Å². The van der Waals surface area contributed by atoms with E-state index in [9.17, 15) is 0 Å². The highest BCUT2D eigenvalue weighted by atomic mass is 79.9. The van der Waals surface area contributed by atoms with E-state index in [-0.39, 0.29) is 6.04 Å². The maximum Gasteiger partial charge on any atom is 0.139 e. The number of halogens is 1. The zero-order chi connectivity index (χ0) is 13.2. The highest BCUT2D eigenvalue weighted by molar-refractivity contribution is 9.10. The van der Waals surface area contributed by atoms with Crippen molar-refractivity contribution in [3.05, 3.63) is 64.7 Å². The van der Waals surface area contributed by atoms with Gasteiger partial charge in [0, 0.05) is 11.6 Å². The van der Waals surface area contributed by atoms with Crippen molar-refractivity contribution < 1.29 is 4.42 Å². The zero-order valence-electron chi connectivity index (χ0n) is 10.4. The molecule has 96 valence electrons. The zero-order valence-corrected chi connectivity index (χ0v) is 12.0. The lowest BCUT2D eigenvalue weighted by Crippen LogP contribution is -2.17. The van der Waals surface area contributed by atoms with E-state index in [1.165, 1.54) is 0 Å². The molecule has 1 aromatic carbocycles. The summed E-state index contributed by atoms with van der Waals surface area (Å²) in [6.45, 7) is 0. The van der Waals surface area contributed by atoms with Crippen molar-refractivity contribution in [2.45, 2.75) is 6.04 Å². The number of furan rings is 1. The largest absolute Gasteiger partial charge is 0.466 e. The summed E-state index contributed by atoms with van der Waals surface area (Å²) in [4.78, 5) is 4.39. The lowest BCUT2D eigenvalue weighted by atomic mass is 10.0. The number of benzene rings is 1. The Hall–Kier alpha value is -1.65. The van der Waals surface area contributed by atoms with Crippen LogP contribution in [0.3, 0.4) is 0 Å². The third kappa shape index (κ3) is 2.17. The van der Waals surface area contributed by atoms with Crippen LogP contribution in [0.5, 0.6) is 0 Å². The molecule has 0 aliphatic rings. The highest BCUT2D eigenvalue weighted by Gasteiger charge is 2.20. The third-order valence-corrected chi connectivity index (χ3v) is 3.84. The molecule has 3 rings (SSSR count). The van der Waals surface area contributed by atoms with Gasteiger partial charge in [-0.1, -0.05) is 18.2 Å². The van der Waals surface area contributed by atoms with Crippen LogP contribution in [0.4, 0.5) is 0 Å². The van der Waals surface area contributed by atoms with Gasteiger partial charge in [0.05, 0.1) is 22.3 Å². The van der Waals surface area contributed by atoms with E-state index in [1.54, 1.807) is 6.26 Å². The Balaban J connectivity index is 2.20. The number of nitrogens with zero attached hydrogens (tertiary/aromatic N) is 1. The summed E-state index contributed by atoms with van der Waals surface area (Å²) in [5, 5.41) is 4.43. The maximum atomic E-state index is 5.59. The third-order valence-electron chi connectivity index (χ3n) is 3.19. The number of fused-ring (bicyclic) bond motifs is 1. The molecule has 3 nitrogen and oxygen atoms in total. The van der Waals surface area contributed by atoms with Gasteiger partial charge in [-0.3, -0.25) is 4.98 Å². The van der Waals surface area contributed by atoms with Crippen molar-refractivity contribution in [2.75, 3.05) is 7.05 Å². The molecule has 2 aromatic heterocycles. The van der Waals surface area contributed by atoms with Gasteiger partial charge in [-0.05, 0) is 46.7 Å². The minimum Gasteiger partial charge on any atom is -0.466 e. The second kappa shape index (κ2) is 5.15. The minimum atomic E-state index is -0.00252. The summed E-state index contributed by atoms with van der Waals surface area (Å²) in [6, 6.07) is 12.0. The summed E-state index contributed by atoms with van der Waals surface area (Å²) in [5.74, 6) is 0.874. The molecule has 0 bridgehead atoms. The topological polar surface area (TPSA) is 38.1 Å². The van der Waals surface area contributed by atoms with Gasteiger partial charge >= 0.3 is 0 Å². The summed E-state index contributed by atoms with van der Waals surface area (Å²) < 4.78 is 6.56. The first-order chi connectivity index (χ1) is 9.31. The molecule has 1 unspecified atom stereocenters. The van der Waals surface area contributed by atoms with Crippen LogP contribution in [0.1, 0.15) is 17.4 Å². The molecule has 0 spiro atoms. The number of nitrogens with one attached hydrogen (secondary N) is 1. The fourth-order valence-electron chi connectivity index (χ4n) is 2.31. The monoisotopic (exact) mass is 316 g/mol. The first-order valence-electron chi connectivity index (χ1n) is 6.05. The summed E-state index contributed by atoms with van der Waals surface area (Å²) in [6.07, 6.45) is 3.52. The average molecular weight is 317 g/mol. The summed E-state index contributed by atoms with van der Waals surface area (Å²) >= 11 is 3.52. The fourth-order valence-corrected chi connectivity index (χ4v) is 2.74. The van der Waals surface area contributed by atoms with Crippen molar-refractivity contribution in [1.82, 2.24) is 10.3 Å².